The third-order valence-electron chi connectivity index (χ3n) is 2.23. The van der Waals surface area contributed by atoms with Crippen LogP contribution in [0.3, 0.4) is 0 Å². The Hall–Kier alpha value is -0.160. The van der Waals surface area contributed by atoms with Crippen molar-refractivity contribution in [2.45, 2.75) is 38.9 Å². The van der Waals surface area contributed by atoms with Crippen molar-refractivity contribution in [3.63, 3.8) is 0 Å². The molecule has 0 aliphatic rings. The van der Waals surface area contributed by atoms with E-state index in [0.29, 0.717) is 9.99 Å². The molecule has 1 nitrogen and oxygen atoms in total. The largest absolute Gasteiger partial charge is 0.364 e. The van der Waals surface area contributed by atoms with Crippen LogP contribution in [0, 0.1) is 5.82 Å². The number of alkyl halides is 1. The molecule has 0 fully saturated rings. The molecule has 1 atom stereocenters. The summed E-state index contributed by atoms with van der Waals surface area (Å²) in [6, 6.07) is 6.81. The summed E-state index contributed by atoms with van der Waals surface area (Å²) in [7, 11) is 0. The number of ether oxygens (including phenoxy) is 1. The lowest BCUT2D eigenvalue weighted by atomic mass is 9.96. The highest BCUT2D eigenvalue weighted by molar-refractivity contribution is 14.1. The van der Waals surface area contributed by atoms with Crippen molar-refractivity contribution in [1.82, 2.24) is 0 Å². The summed E-state index contributed by atoms with van der Waals surface area (Å²) in [6.45, 7) is 7.89. The van der Waals surface area contributed by atoms with E-state index in [1.165, 1.54) is 6.07 Å². The molecule has 1 aromatic carbocycles. The maximum atomic E-state index is 13.8. The molecule has 3 heteroatoms. The van der Waals surface area contributed by atoms with E-state index in [-0.39, 0.29) is 11.4 Å². The molecule has 0 N–H and O–H groups in total. The second-order valence-electron chi connectivity index (χ2n) is 5.06. The van der Waals surface area contributed by atoms with E-state index in [1.54, 1.807) is 12.1 Å². The van der Waals surface area contributed by atoms with E-state index in [2.05, 4.69) is 22.6 Å². The first-order chi connectivity index (χ1) is 7.28. The van der Waals surface area contributed by atoms with Crippen molar-refractivity contribution in [1.29, 1.82) is 0 Å². The van der Waals surface area contributed by atoms with Gasteiger partial charge in [-0.1, -0.05) is 40.8 Å². The van der Waals surface area contributed by atoms with Crippen molar-refractivity contribution in [2.75, 3.05) is 4.43 Å². The Morgan fingerprint density at radius 3 is 2.19 bits per heavy atom. The van der Waals surface area contributed by atoms with E-state index in [1.807, 2.05) is 33.8 Å². The number of halogens is 2. The molecule has 1 unspecified atom stereocenters. The van der Waals surface area contributed by atoms with Crippen molar-refractivity contribution in [3.05, 3.63) is 35.6 Å². The molecule has 1 aromatic rings. The van der Waals surface area contributed by atoms with Gasteiger partial charge in [-0.05, 0) is 33.8 Å². The van der Waals surface area contributed by atoms with Gasteiger partial charge in [-0.25, -0.2) is 4.39 Å². The summed E-state index contributed by atoms with van der Waals surface area (Å²) in [4.78, 5) is 0. The topological polar surface area (TPSA) is 9.23 Å². The molecule has 0 saturated heterocycles. The Bertz CT molecular complexity index is 359. The maximum Gasteiger partial charge on any atom is 0.129 e. The van der Waals surface area contributed by atoms with E-state index in [4.69, 9.17) is 4.74 Å². The molecule has 16 heavy (non-hydrogen) atoms. The van der Waals surface area contributed by atoms with Gasteiger partial charge in [-0.15, -0.1) is 0 Å². The van der Waals surface area contributed by atoms with E-state index in [9.17, 15) is 4.39 Å². The van der Waals surface area contributed by atoms with Crippen LogP contribution in [0.1, 0.15) is 33.3 Å². The number of hydrogen-bond donors (Lipinski definition) is 0. The van der Waals surface area contributed by atoms with Gasteiger partial charge >= 0.3 is 0 Å². The zero-order valence-electron chi connectivity index (χ0n) is 10.2. The molecule has 90 valence electrons. The molecule has 0 spiro atoms. The molecule has 0 amide bonds. The monoisotopic (exact) mass is 336 g/mol. The zero-order valence-corrected chi connectivity index (χ0v) is 12.3. The quantitative estimate of drug-likeness (QED) is 0.591. The smallest absolute Gasteiger partial charge is 0.129 e. The van der Waals surface area contributed by atoms with Gasteiger partial charge in [0, 0.05) is 9.99 Å². The Balaban J connectivity index is 3.10. The van der Waals surface area contributed by atoms with Crippen molar-refractivity contribution in [2.24, 2.45) is 0 Å². The fraction of sp³-hybridized carbons (Fsp3) is 0.538. The first kappa shape index (κ1) is 13.9. The Labute approximate surface area is 111 Å². The van der Waals surface area contributed by atoms with Gasteiger partial charge in [0.15, 0.2) is 0 Å². The predicted octanol–water partition coefficient (Wildman–Crippen LogP) is 4.29. The zero-order chi connectivity index (χ0) is 12.4. The minimum absolute atomic E-state index is 0.203. The van der Waals surface area contributed by atoms with Gasteiger partial charge in [0.2, 0.25) is 0 Å². The first-order valence-electron chi connectivity index (χ1n) is 5.30. The normalized spacial score (nSPS) is 15.9. The van der Waals surface area contributed by atoms with E-state index >= 15 is 0 Å². The maximum absolute atomic E-state index is 13.8. The van der Waals surface area contributed by atoms with Gasteiger partial charge in [-0.2, -0.15) is 0 Å². The summed E-state index contributed by atoms with van der Waals surface area (Å²) >= 11 is 2.23. The van der Waals surface area contributed by atoms with E-state index < -0.39 is 5.60 Å². The molecule has 0 aliphatic heterocycles. The lowest BCUT2D eigenvalue weighted by molar-refractivity contribution is -0.114. The van der Waals surface area contributed by atoms with Crippen LogP contribution in [-0.2, 0) is 10.3 Å². The van der Waals surface area contributed by atoms with Crippen LogP contribution < -0.4 is 0 Å². The molecule has 0 aliphatic carbocycles. The molecule has 0 aromatic heterocycles. The molecule has 0 heterocycles. The van der Waals surface area contributed by atoms with Crippen LogP contribution in [-0.4, -0.2) is 10.0 Å². The number of benzene rings is 1. The second kappa shape index (κ2) is 5.00. The highest BCUT2D eigenvalue weighted by Crippen LogP contribution is 2.33. The summed E-state index contributed by atoms with van der Waals surface area (Å²) in [5.41, 5.74) is -0.244. The highest BCUT2D eigenvalue weighted by atomic mass is 127. The van der Waals surface area contributed by atoms with Crippen LogP contribution in [0.15, 0.2) is 24.3 Å². The van der Waals surface area contributed by atoms with Crippen molar-refractivity contribution >= 4 is 22.6 Å². The average molecular weight is 336 g/mol. The van der Waals surface area contributed by atoms with Crippen LogP contribution in [0.25, 0.3) is 0 Å². The molecule has 0 saturated carbocycles. The SMILES string of the molecule is CC(C)(C)OC(C)(CI)c1ccccc1F. The molecule has 0 radical (unpaired) electrons. The third kappa shape index (κ3) is 3.42. The number of hydrogen-bond acceptors (Lipinski definition) is 1. The van der Waals surface area contributed by atoms with Gasteiger partial charge in [0.25, 0.3) is 0 Å². The Morgan fingerprint density at radius 1 is 1.19 bits per heavy atom. The van der Waals surface area contributed by atoms with Crippen LogP contribution in [0.4, 0.5) is 4.39 Å². The second-order valence-corrected chi connectivity index (χ2v) is 5.82. The Kier molecular flexibility index (Phi) is 4.35. The van der Waals surface area contributed by atoms with Crippen LogP contribution in [0.5, 0.6) is 0 Å². The lowest BCUT2D eigenvalue weighted by Gasteiger charge is -2.36. The minimum atomic E-state index is -0.579. The fourth-order valence-corrected chi connectivity index (χ4v) is 2.29. The fourth-order valence-electron chi connectivity index (χ4n) is 1.72. The van der Waals surface area contributed by atoms with E-state index in [0.717, 1.165) is 0 Å². The van der Waals surface area contributed by atoms with Gasteiger partial charge in [0.1, 0.15) is 11.4 Å². The number of rotatable bonds is 3. The third-order valence-corrected chi connectivity index (χ3v) is 3.69. The van der Waals surface area contributed by atoms with Gasteiger partial charge in [-0.3, -0.25) is 0 Å². The summed E-state index contributed by atoms with van der Waals surface area (Å²) in [5.74, 6) is -0.203. The lowest BCUT2D eigenvalue weighted by Crippen LogP contribution is -2.37. The molecule has 0 bridgehead atoms. The minimum Gasteiger partial charge on any atom is -0.364 e. The standard InChI is InChI=1S/C13H18FIO/c1-12(2,3)16-13(4,9-15)10-7-5-6-8-11(10)14/h5-8H,9H2,1-4H3. The highest BCUT2D eigenvalue weighted by Gasteiger charge is 2.33. The summed E-state index contributed by atoms with van der Waals surface area (Å²) in [5, 5.41) is 0. The molecular formula is C13H18FIO. The van der Waals surface area contributed by atoms with Crippen molar-refractivity contribution in [3.8, 4) is 0 Å². The molecule has 1 rings (SSSR count). The molecular weight excluding hydrogens is 318 g/mol. The van der Waals surface area contributed by atoms with Crippen LogP contribution in [0.2, 0.25) is 0 Å². The van der Waals surface area contributed by atoms with Crippen molar-refractivity contribution < 1.29 is 9.13 Å². The average Bonchev–Trinajstić information content (AvgIpc) is 2.15. The van der Waals surface area contributed by atoms with Gasteiger partial charge in [0.05, 0.1) is 5.60 Å². The Morgan fingerprint density at radius 2 is 1.75 bits per heavy atom. The first-order valence-corrected chi connectivity index (χ1v) is 6.82. The predicted molar refractivity (Wildman–Crippen MR) is 73.5 cm³/mol. The summed E-state index contributed by atoms with van der Waals surface area (Å²) in [6.07, 6.45) is 0. The van der Waals surface area contributed by atoms with Gasteiger partial charge < -0.3 is 4.74 Å². The summed E-state index contributed by atoms with van der Waals surface area (Å²) < 4.78 is 20.5. The van der Waals surface area contributed by atoms with Crippen LogP contribution >= 0.6 is 22.6 Å².